The van der Waals surface area contributed by atoms with Gasteiger partial charge >= 0.3 is 0 Å². The molecule has 0 saturated heterocycles. The molecule has 1 heterocycles. The molecule has 1 saturated carbocycles. The number of fused-ring (bicyclic) bond motifs is 1. The van der Waals surface area contributed by atoms with E-state index in [0.29, 0.717) is 25.4 Å². The van der Waals surface area contributed by atoms with Crippen LogP contribution in [0, 0.1) is 0 Å². The third-order valence-electron chi connectivity index (χ3n) is 3.75. The van der Waals surface area contributed by atoms with E-state index in [0.717, 1.165) is 25.0 Å². The minimum atomic E-state index is -3.17. The van der Waals surface area contributed by atoms with Crippen molar-refractivity contribution in [1.29, 1.82) is 0 Å². The summed E-state index contributed by atoms with van der Waals surface area (Å²) in [6, 6.07) is 7.48. The molecule has 1 aromatic carbocycles. The zero-order valence-corrected chi connectivity index (χ0v) is 13.0. The van der Waals surface area contributed by atoms with Gasteiger partial charge < -0.3 is 9.47 Å². The zero-order chi connectivity index (χ0) is 14.9. The summed E-state index contributed by atoms with van der Waals surface area (Å²) >= 11 is 0. The molecule has 1 aromatic rings. The van der Waals surface area contributed by atoms with Gasteiger partial charge in [0.1, 0.15) is 12.7 Å². The molecule has 0 spiro atoms. The molecule has 0 radical (unpaired) electrons. The molecule has 1 atom stereocenters. The van der Waals surface area contributed by atoms with Crippen molar-refractivity contribution in [2.45, 2.75) is 37.5 Å². The number of sulfonamides is 1. The molecule has 0 aromatic heterocycles. The first-order valence-corrected chi connectivity index (χ1v) is 8.99. The van der Waals surface area contributed by atoms with Crippen LogP contribution in [0.5, 0.6) is 11.5 Å². The van der Waals surface area contributed by atoms with Crippen molar-refractivity contribution in [1.82, 2.24) is 4.31 Å². The molecule has 21 heavy (non-hydrogen) atoms. The molecule has 5 nitrogen and oxygen atoms in total. The van der Waals surface area contributed by atoms with E-state index in [4.69, 9.17) is 9.47 Å². The zero-order valence-electron chi connectivity index (χ0n) is 12.2. The Kier molecular flexibility index (Phi) is 4.08. The van der Waals surface area contributed by atoms with Gasteiger partial charge in [-0.15, -0.1) is 0 Å². The monoisotopic (exact) mass is 311 g/mol. The van der Waals surface area contributed by atoms with Crippen LogP contribution in [0.2, 0.25) is 0 Å². The maximum atomic E-state index is 12.4. The first-order chi connectivity index (χ1) is 10.1. The number of hydrogen-bond donors (Lipinski definition) is 0. The Labute approximate surface area is 125 Å². The fourth-order valence-corrected chi connectivity index (χ4v) is 4.49. The Morgan fingerprint density at radius 3 is 2.62 bits per heavy atom. The second-order valence-corrected chi connectivity index (χ2v) is 7.81. The number of ether oxygens (including phenoxy) is 2. The highest BCUT2D eigenvalue weighted by Crippen LogP contribution is 2.33. The normalized spacial score (nSPS) is 21.5. The van der Waals surface area contributed by atoms with Crippen LogP contribution in [-0.2, 0) is 10.0 Å². The van der Waals surface area contributed by atoms with E-state index in [1.165, 1.54) is 0 Å². The molecular formula is C15H21NO4S. The minimum absolute atomic E-state index is 0.180. The predicted molar refractivity (Wildman–Crippen MR) is 80.2 cm³/mol. The molecule has 1 aliphatic heterocycles. The summed E-state index contributed by atoms with van der Waals surface area (Å²) in [5, 5.41) is -0.180. The van der Waals surface area contributed by atoms with Gasteiger partial charge in [0.05, 0.1) is 11.8 Å². The van der Waals surface area contributed by atoms with Crippen molar-refractivity contribution in [3.8, 4) is 11.5 Å². The lowest BCUT2D eigenvalue weighted by atomic mass is 10.2. The molecule has 1 aliphatic carbocycles. The second kappa shape index (κ2) is 5.85. The van der Waals surface area contributed by atoms with Gasteiger partial charge in [0.15, 0.2) is 11.5 Å². The summed E-state index contributed by atoms with van der Waals surface area (Å²) in [7, 11) is -3.17. The molecule has 0 N–H and O–H groups in total. The van der Waals surface area contributed by atoms with Gasteiger partial charge in [0, 0.05) is 6.54 Å². The maximum absolute atomic E-state index is 12.4. The number of rotatable bonds is 6. The van der Waals surface area contributed by atoms with Crippen LogP contribution in [0.3, 0.4) is 0 Å². The topological polar surface area (TPSA) is 55.8 Å². The van der Waals surface area contributed by atoms with Gasteiger partial charge in [-0.05, 0) is 31.4 Å². The Balaban J connectivity index is 1.70. The summed E-state index contributed by atoms with van der Waals surface area (Å²) in [5.74, 6) is 1.41. The maximum Gasteiger partial charge on any atom is 0.217 e. The fourth-order valence-electron chi connectivity index (χ4n) is 2.53. The number of hydrogen-bond acceptors (Lipinski definition) is 4. The van der Waals surface area contributed by atoms with Gasteiger partial charge in [-0.1, -0.05) is 19.1 Å². The van der Waals surface area contributed by atoms with Gasteiger partial charge in [-0.25, -0.2) is 8.42 Å². The van der Waals surface area contributed by atoms with Crippen LogP contribution in [0.25, 0.3) is 0 Å². The van der Waals surface area contributed by atoms with E-state index in [-0.39, 0.29) is 11.4 Å². The van der Waals surface area contributed by atoms with Gasteiger partial charge in [-0.2, -0.15) is 4.31 Å². The number of benzene rings is 1. The predicted octanol–water partition coefficient (Wildman–Crippen LogP) is 2.03. The standard InChI is InChI=1S/C15H21NO4S/c1-2-9-16(21(17,18)13-7-8-13)10-12-11-19-14-5-3-4-6-15(14)20-12/h3-6,12-13H,2,7-11H2,1H3/t12-/m0/s1. The van der Waals surface area contributed by atoms with Crippen molar-refractivity contribution in [3.05, 3.63) is 24.3 Å². The van der Waals surface area contributed by atoms with E-state index >= 15 is 0 Å². The Morgan fingerprint density at radius 1 is 1.24 bits per heavy atom. The first-order valence-electron chi connectivity index (χ1n) is 7.48. The lowest BCUT2D eigenvalue weighted by Crippen LogP contribution is -2.45. The Morgan fingerprint density at radius 2 is 1.95 bits per heavy atom. The molecule has 0 bridgehead atoms. The van der Waals surface area contributed by atoms with E-state index in [1.54, 1.807) is 4.31 Å². The quantitative estimate of drug-likeness (QED) is 0.806. The Hall–Kier alpha value is -1.27. The average molecular weight is 311 g/mol. The van der Waals surface area contributed by atoms with Crippen molar-refractivity contribution >= 4 is 10.0 Å². The van der Waals surface area contributed by atoms with Crippen LogP contribution < -0.4 is 9.47 Å². The van der Waals surface area contributed by atoms with E-state index in [1.807, 2.05) is 31.2 Å². The summed E-state index contributed by atoms with van der Waals surface area (Å²) in [5.41, 5.74) is 0. The lowest BCUT2D eigenvalue weighted by Gasteiger charge is -2.30. The fraction of sp³-hybridized carbons (Fsp3) is 0.600. The van der Waals surface area contributed by atoms with E-state index in [9.17, 15) is 8.42 Å². The first kappa shape index (κ1) is 14.7. The van der Waals surface area contributed by atoms with Crippen LogP contribution in [0.4, 0.5) is 0 Å². The number of nitrogens with zero attached hydrogens (tertiary/aromatic N) is 1. The third-order valence-corrected chi connectivity index (χ3v) is 6.12. The van der Waals surface area contributed by atoms with Crippen LogP contribution in [-0.4, -0.2) is 43.8 Å². The lowest BCUT2D eigenvalue weighted by molar-refractivity contribution is 0.0763. The third kappa shape index (κ3) is 3.16. The smallest absolute Gasteiger partial charge is 0.217 e. The average Bonchev–Trinajstić information content (AvgIpc) is 3.32. The summed E-state index contributed by atoms with van der Waals surface area (Å²) in [4.78, 5) is 0. The molecule has 6 heteroatoms. The summed E-state index contributed by atoms with van der Waals surface area (Å²) < 4.78 is 38.0. The van der Waals surface area contributed by atoms with Crippen molar-refractivity contribution in [2.75, 3.05) is 19.7 Å². The van der Waals surface area contributed by atoms with Crippen molar-refractivity contribution < 1.29 is 17.9 Å². The SMILES string of the molecule is CCCN(C[C@H]1COc2ccccc2O1)S(=O)(=O)C1CC1. The van der Waals surface area contributed by atoms with Crippen LogP contribution >= 0.6 is 0 Å². The minimum Gasteiger partial charge on any atom is -0.486 e. The second-order valence-electron chi connectivity index (χ2n) is 5.60. The van der Waals surface area contributed by atoms with Gasteiger partial charge in [0.25, 0.3) is 0 Å². The largest absolute Gasteiger partial charge is 0.486 e. The highest BCUT2D eigenvalue weighted by atomic mass is 32.2. The van der Waals surface area contributed by atoms with Crippen LogP contribution in [0.15, 0.2) is 24.3 Å². The van der Waals surface area contributed by atoms with Crippen LogP contribution in [0.1, 0.15) is 26.2 Å². The summed E-state index contributed by atoms with van der Waals surface area (Å²) in [6.07, 6.45) is 2.12. The van der Waals surface area contributed by atoms with Crippen molar-refractivity contribution in [2.24, 2.45) is 0 Å². The van der Waals surface area contributed by atoms with Gasteiger partial charge in [-0.3, -0.25) is 0 Å². The molecule has 0 unspecified atom stereocenters. The summed E-state index contributed by atoms with van der Waals surface area (Å²) in [6.45, 7) is 3.28. The molecule has 3 rings (SSSR count). The van der Waals surface area contributed by atoms with E-state index < -0.39 is 10.0 Å². The highest BCUT2D eigenvalue weighted by molar-refractivity contribution is 7.90. The molecule has 116 valence electrons. The molecule has 0 amide bonds. The Bertz CT molecular complexity index is 597. The molecule has 1 fully saturated rings. The van der Waals surface area contributed by atoms with Crippen molar-refractivity contribution in [3.63, 3.8) is 0 Å². The number of para-hydroxylation sites is 2. The van der Waals surface area contributed by atoms with E-state index in [2.05, 4.69) is 0 Å². The molecular weight excluding hydrogens is 290 g/mol. The van der Waals surface area contributed by atoms with Gasteiger partial charge in [0.2, 0.25) is 10.0 Å². The molecule has 2 aliphatic rings. The highest BCUT2D eigenvalue weighted by Gasteiger charge is 2.41.